The number of anilines is 1. The Morgan fingerprint density at radius 3 is 2.59 bits per heavy atom. The molecule has 0 atom stereocenters. The number of halogens is 2. The van der Waals surface area contributed by atoms with Gasteiger partial charge in [-0.05, 0) is 34.7 Å². The fourth-order valence-electron chi connectivity index (χ4n) is 2.24. The highest BCUT2D eigenvalue weighted by Gasteiger charge is 2.32. The zero-order chi connectivity index (χ0) is 16.2. The predicted molar refractivity (Wildman–Crippen MR) is 82.6 cm³/mol. The molecule has 0 radical (unpaired) electrons. The van der Waals surface area contributed by atoms with Crippen LogP contribution < -0.4 is 16.6 Å². The van der Waals surface area contributed by atoms with Gasteiger partial charge in [-0.1, -0.05) is 0 Å². The molecule has 1 aromatic carbocycles. The van der Waals surface area contributed by atoms with E-state index in [0.29, 0.717) is 0 Å². The van der Waals surface area contributed by atoms with Gasteiger partial charge in [0.25, 0.3) is 17.4 Å². The van der Waals surface area contributed by atoms with Crippen molar-refractivity contribution in [3.8, 4) is 11.4 Å². The van der Waals surface area contributed by atoms with E-state index in [1.54, 1.807) is 22.6 Å². The fourth-order valence-corrected chi connectivity index (χ4v) is 2.67. The number of phenols is 1. The maximum Gasteiger partial charge on any atom is 0.262 e. The van der Waals surface area contributed by atoms with Crippen molar-refractivity contribution in [3.63, 3.8) is 0 Å². The number of nitrogens with one attached hydrogen (secondary N) is 1. The molecule has 0 saturated carbocycles. The van der Waals surface area contributed by atoms with Crippen molar-refractivity contribution in [2.75, 3.05) is 5.73 Å². The Hall–Kier alpha value is -2.43. The second-order valence-corrected chi connectivity index (χ2v) is 5.67. The zero-order valence-corrected chi connectivity index (χ0v) is 12.8. The SMILES string of the molecule is Nc1c2c(cc(=O)n1-c1ccc(I)c(F)c1O)C(=O)NC2=O. The smallest absolute Gasteiger partial charge is 0.262 e. The number of phenolic OH excluding ortho intramolecular Hbond substituents is 1. The number of nitrogens with two attached hydrogens (primary N) is 1. The molecule has 0 bridgehead atoms. The Morgan fingerprint density at radius 2 is 1.91 bits per heavy atom. The second kappa shape index (κ2) is 4.80. The van der Waals surface area contributed by atoms with Crippen molar-refractivity contribution in [2.24, 2.45) is 0 Å². The largest absolute Gasteiger partial charge is 0.503 e. The van der Waals surface area contributed by atoms with E-state index in [-0.39, 0.29) is 26.2 Å². The van der Waals surface area contributed by atoms with Gasteiger partial charge in [0.05, 0.1) is 20.4 Å². The lowest BCUT2D eigenvalue weighted by Crippen LogP contribution is -2.24. The molecule has 2 heterocycles. The van der Waals surface area contributed by atoms with Crippen LogP contribution in [-0.2, 0) is 0 Å². The van der Waals surface area contributed by atoms with Crippen LogP contribution in [0.3, 0.4) is 0 Å². The van der Waals surface area contributed by atoms with Crippen molar-refractivity contribution in [3.05, 3.63) is 49.1 Å². The van der Waals surface area contributed by atoms with Crippen LogP contribution >= 0.6 is 22.6 Å². The van der Waals surface area contributed by atoms with E-state index in [4.69, 9.17) is 5.73 Å². The number of amides is 2. The Bertz CT molecular complexity index is 922. The van der Waals surface area contributed by atoms with Crippen molar-refractivity contribution < 1.29 is 19.1 Å². The summed E-state index contributed by atoms with van der Waals surface area (Å²) in [5, 5.41) is 11.9. The van der Waals surface area contributed by atoms with Gasteiger partial charge in [-0.2, -0.15) is 0 Å². The molecule has 2 amide bonds. The van der Waals surface area contributed by atoms with Gasteiger partial charge in [-0.15, -0.1) is 0 Å². The number of rotatable bonds is 1. The molecule has 0 aliphatic carbocycles. The fraction of sp³-hybridized carbons (Fsp3) is 0. The lowest BCUT2D eigenvalue weighted by atomic mass is 10.1. The van der Waals surface area contributed by atoms with Crippen LogP contribution in [0.5, 0.6) is 5.75 Å². The minimum atomic E-state index is -0.912. The third kappa shape index (κ3) is 1.89. The number of carbonyl (C=O) groups is 2. The van der Waals surface area contributed by atoms with Gasteiger partial charge in [0, 0.05) is 6.07 Å². The quantitative estimate of drug-likeness (QED) is 0.470. The molecule has 3 rings (SSSR count). The lowest BCUT2D eigenvalue weighted by Gasteiger charge is -2.13. The summed E-state index contributed by atoms with van der Waals surface area (Å²) in [7, 11) is 0. The molecule has 1 aliphatic heterocycles. The highest BCUT2D eigenvalue weighted by Crippen LogP contribution is 2.31. The number of aromatic hydroxyl groups is 1. The maximum absolute atomic E-state index is 13.8. The minimum absolute atomic E-state index is 0.144. The summed E-state index contributed by atoms with van der Waals surface area (Å²) in [4.78, 5) is 35.4. The first-order valence-electron chi connectivity index (χ1n) is 5.91. The first-order chi connectivity index (χ1) is 10.3. The first-order valence-corrected chi connectivity index (χ1v) is 6.99. The van der Waals surface area contributed by atoms with Crippen LogP contribution in [0.2, 0.25) is 0 Å². The highest BCUT2D eigenvalue weighted by molar-refractivity contribution is 14.1. The van der Waals surface area contributed by atoms with Gasteiger partial charge in [0.2, 0.25) is 0 Å². The molecule has 0 spiro atoms. The molecular formula is C13H7FIN3O4. The van der Waals surface area contributed by atoms with E-state index in [9.17, 15) is 23.9 Å². The summed E-state index contributed by atoms with van der Waals surface area (Å²) in [5.74, 6) is -3.51. The summed E-state index contributed by atoms with van der Waals surface area (Å²) in [6, 6.07) is 3.55. The number of fused-ring (bicyclic) bond motifs is 1. The van der Waals surface area contributed by atoms with E-state index in [1.165, 1.54) is 12.1 Å². The van der Waals surface area contributed by atoms with Gasteiger partial charge in [0.1, 0.15) is 5.82 Å². The lowest BCUT2D eigenvalue weighted by molar-refractivity contribution is 0.0880. The molecule has 0 unspecified atom stereocenters. The maximum atomic E-state index is 13.8. The number of hydrogen-bond donors (Lipinski definition) is 3. The molecule has 7 nitrogen and oxygen atoms in total. The molecule has 4 N–H and O–H groups in total. The van der Waals surface area contributed by atoms with E-state index >= 15 is 0 Å². The Kier molecular flexibility index (Phi) is 3.16. The Balaban J connectivity index is 2.38. The molecule has 112 valence electrons. The Labute approximate surface area is 135 Å². The van der Waals surface area contributed by atoms with Crippen molar-refractivity contribution >= 4 is 40.2 Å². The van der Waals surface area contributed by atoms with Crippen LogP contribution in [-0.4, -0.2) is 21.5 Å². The molecule has 1 aromatic heterocycles. The number of benzene rings is 1. The van der Waals surface area contributed by atoms with Crippen LogP contribution in [0.4, 0.5) is 10.2 Å². The van der Waals surface area contributed by atoms with Crippen molar-refractivity contribution in [1.82, 2.24) is 9.88 Å². The number of imide groups is 1. The minimum Gasteiger partial charge on any atom is -0.503 e. The summed E-state index contributed by atoms with van der Waals surface area (Å²) < 4.78 is 14.7. The van der Waals surface area contributed by atoms with Crippen molar-refractivity contribution in [2.45, 2.75) is 0 Å². The molecule has 0 saturated heterocycles. The summed E-state index contributed by atoms with van der Waals surface area (Å²) in [5.41, 5.74) is 4.49. The van der Waals surface area contributed by atoms with Crippen molar-refractivity contribution in [1.29, 1.82) is 0 Å². The van der Waals surface area contributed by atoms with Gasteiger partial charge >= 0.3 is 0 Å². The number of aromatic nitrogens is 1. The molecule has 9 heteroatoms. The van der Waals surface area contributed by atoms with E-state index in [1.807, 2.05) is 5.32 Å². The number of nitrogens with zero attached hydrogens (tertiary/aromatic N) is 1. The number of hydrogen-bond acceptors (Lipinski definition) is 5. The molecule has 2 aromatic rings. The molecule has 1 aliphatic rings. The summed E-state index contributed by atoms with van der Waals surface area (Å²) >= 11 is 1.68. The molecular weight excluding hydrogens is 408 g/mol. The van der Waals surface area contributed by atoms with E-state index < -0.39 is 28.9 Å². The third-order valence-electron chi connectivity index (χ3n) is 3.24. The van der Waals surface area contributed by atoms with Crippen LogP contribution in [0.15, 0.2) is 23.0 Å². The third-order valence-corrected chi connectivity index (χ3v) is 4.08. The standard InChI is InChI=1S/C13H7FIN3O4/c14-9-5(15)1-2-6(10(9)20)18-7(19)3-4-8(11(18)16)13(22)17-12(4)21/h1-3,20H,16H2,(H,17,21,22). The van der Waals surface area contributed by atoms with Crippen LogP contribution in [0, 0.1) is 9.39 Å². The summed E-state index contributed by atoms with van der Waals surface area (Å²) in [6.45, 7) is 0. The number of carbonyl (C=O) groups excluding carboxylic acids is 2. The van der Waals surface area contributed by atoms with Gasteiger partial charge in [-0.3, -0.25) is 24.3 Å². The van der Waals surface area contributed by atoms with Crippen LogP contribution in [0.1, 0.15) is 20.7 Å². The normalized spacial score (nSPS) is 13.2. The highest BCUT2D eigenvalue weighted by atomic mass is 127. The monoisotopic (exact) mass is 415 g/mol. The van der Waals surface area contributed by atoms with Gasteiger partial charge in [-0.25, -0.2) is 4.39 Å². The second-order valence-electron chi connectivity index (χ2n) is 4.50. The number of pyridine rings is 1. The zero-order valence-electron chi connectivity index (χ0n) is 10.7. The van der Waals surface area contributed by atoms with Gasteiger partial charge < -0.3 is 10.8 Å². The van der Waals surface area contributed by atoms with E-state index in [0.717, 1.165) is 10.6 Å². The first kappa shape index (κ1) is 14.5. The average Bonchev–Trinajstić information content (AvgIpc) is 2.73. The van der Waals surface area contributed by atoms with Crippen LogP contribution in [0.25, 0.3) is 5.69 Å². The van der Waals surface area contributed by atoms with E-state index in [2.05, 4.69) is 0 Å². The average molecular weight is 415 g/mol. The predicted octanol–water partition coefficient (Wildman–Crippen LogP) is 0.753. The molecule has 0 fully saturated rings. The topological polar surface area (TPSA) is 114 Å². The summed E-state index contributed by atoms with van der Waals surface area (Å²) in [6.07, 6.45) is 0. The van der Waals surface area contributed by atoms with Gasteiger partial charge in [0.15, 0.2) is 11.6 Å². The molecule has 22 heavy (non-hydrogen) atoms. The number of nitrogen functional groups attached to an aromatic ring is 1. The Morgan fingerprint density at radius 1 is 1.23 bits per heavy atom.